The molecule has 0 bridgehead atoms. The summed E-state index contributed by atoms with van der Waals surface area (Å²) in [6, 6.07) is 4.50. The minimum absolute atomic E-state index is 0.0820. The Bertz CT molecular complexity index is 750. The number of halogens is 2. The van der Waals surface area contributed by atoms with Crippen molar-refractivity contribution in [2.45, 2.75) is 26.2 Å². The summed E-state index contributed by atoms with van der Waals surface area (Å²) in [7, 11) is -0.894. The summed E-state index contributed by atoms with van der Waals surface area (Å²) in [5, 5.41) is 8.76. The van der Waals surface area contributed by atoms with E-state index in [4.69, 9.17) is 32.5 Å². The summed E-state index contributed by atoms with van der Waals surface area (Å²) in [6.45, 7) is 4.61. The largest absolute Gasteiger partial charge is 0.551 e. The van der Waals surface area contributed by atoms with Crippen molar-refractivity contribution >= 4 is 48.1 Å². The normalized spacial score (nSPS) is 15.9. The van der Waals surface area contributed by atoms with Gasteiger partial charge in [0, 0.05) is 18.2 Å². The second kappa shape index (κ2) is 11.4. The van der Waals surface area contributed by atoms with Gasteiger partial charge in [-0.15, -0.1) is 0 Å². The number of carbonyl (C=O) groups is 3. The lowest BCUT2D eigenvalue weighted by Gasteiger charge is -2.27. The van der Waals surface area contributed by atoms with E-state index in [1.807, 2.05) is 13.8 Å². The van der Waals surface area contributed by atoms with E-state index in [9.17, 15) is 14.4 Å². The first kappa shape index (κ1) is 23.5. The number of nitrogens with one attached hydrogen (secondary N) is 3. The average molecular weight is 444 g/mol. The van der Waals surface area contributed by atoms with Crippen LogP contribution in [0.3, 0.4) is 0 Å². The Morgan fingerprint density at radius 2 is 2.07 bits per heavy atom. The van der Waals surface area contributed by atoms with Gasteiger partial charge in [-0.05, 0) is 30.5 Å². The molecule has 0 unspecified atom stereocenters. The molecule has 1 fully saturated rings. The van der Waals surface area contributed by atoms with E-state index in [0.717, 1.165) is 0 Å². The lowest BCUT2D eigenvalue weighted by molar-refractivity contribution is -0.136. The Hall–Kier alpha value is -1.81. The van der Waals surface area contributed by atoms with Crippen LogP contribution in [0.25, 0.3) is 0 Å². The first-order chi connectivity index (χ1) is 13.8. The second-order valence-electron chi connectivity index (χ2n) is 7.02. The lowest BCUT2D eigenvalue weighted by Crippen LogP contribution is -2.54. The van der Waals surface area contributed by atoms with Gasteiger partial charge in [0.15, 0.2) is 0 Å². The third kappa shape index (κ3) is 7.85. The Morgan fingerprint density at radius 3 is 2.79 bits per heavy atom. The van der Waals surface area contributed by atoms with Gasteiger partial charge in [-0.25, -0.2) is 0 Å². The van der Waals surface area contributed by atoms with Crippen molar-refractivity contribution in [1.82, 2.24) is 16.0 Å². The topological polar surface area (TPSA) is 106 Å². The van der Waals surface area contributed by atoms with E-state index >= 15 is 0 Å². The maximum absolute atomic E-state index is 12.4. The molecule has 0 aliphatic carbocycles. The molecular weight excluding hydrogens is 420 g/mol. The molecule has 1 atom stereocenters. The number of hydrogen-bond acceptors (Lipinski definition) is 6. The fourth-order valence-corrected chi connectivity index (χ4v) is 3.15. The summed E-state index contributed by atoms with van der Waals surface area (Å²) >= 11 is 11.9. The summed E-state index contributed by atoms with van der Waals surface area (Å²) < 4.78 is 10.9. The fraction of sp³-hybridized carbons (Fsp3) is 0.500. The van der Waals surface area contributed by atoms with Gasteiger partial charge in [-0.1, -0.05) is 37.0 Å². The van der Waals surface area contributed by atoms with E-state index < -0.39 is 30.8 Å². The van der Waals surface area contributed by atoms with Crippen LogP contribution in [-0.2, 0) is 18.9 Å². The lowest BCUT2D eigenvalue weighted by atomic mass is 9.73. The molecule has 0 saturated carbocycles. The van der Waals surface area contributed by atoms with Crippen LogP contribution in [0.1, 0.15) is 30.6 Å². The smallest absolute Gasteiger partial charge is 0.507 e. The summed E-state index contributed by atoms with van der Waals surface area (Å²) in [6.07, 6.45) is 0.533. The highest BCUT2D eigenvalue weighted by molar-refractivity contribution is 6.49. The Morgan fingerprint density at radius 1 is 1.31 bits per heavy atom. The molecule has 0 spiro atoms. The van der Waals surface area contributed by atoms with Crippen molar-refractivity contribution in [1.29, 1.82) is 0 Å². The van der Waals surface area contributed by atoms with E-state index in [-0.39, 0.29) is 29.6 Å². The Labute approximate surface area is 180 Å². The molecule has 1 aromatic carbocycles. The zero-order chi connectivity index (χ0) is 21.4. The third-order valence-electron chi connectivity index (χ3n) is 4.06. The zero-order valence-electron chi connectivity index (χ0n) is 16.3. The Balaban J connectivity index is 1.97. The van der Waals surface area contributed by atoms with E-state index in [0.29, 0.717) is 24.6 Å². The number of benzene rings is 1. The van der Waals surface area contributed by atoms with E-state index in [2.05, 4.69) is 16.0 Å². The van der Waals surface area contributed by atoms with Crippen LogP contribution in [0.15, 0.2) is 18.2 Å². The van der Waals surface area contributed by atoms with Gasteiger partial charge in [0.1, 0.15) is 0 Å². The highest BCUT2D eigenvalue weighted by Gasteiger charge is 2.36. The molecule has 29 heavy (non-hydrogen) atoms. The van der Waals surface area contributed by atoms with E-state index in [1.165, 1.54) is 12.1 Å². The molecule has 11 heteroatoms. The van der Waals surface area contributed by atoms with Gasteiger partial charge in [-0.2, -0.15) is 0 Å². The molecule has 8 nitrogen and oxygen atoms in total. The number of carbonyl (C=O) groups excluding carboxylic acids is 3. The first-order valence-electron chi connectivity index (χ1n) is 9.30. The van der Waals surface area contributed by atoms with Crippen LogP contribution >= 0.6 is 23.2 Å². The fourth-order valence-electron chi connectivity index (χ4n) is 2.77. The molecule has 0 aromatic heterocycles. The quantitative estimate of drug-likeness (QED) is 0.550. The third-order valence-corrected chi connectivity index (χ3v) is 4.63. The molecule has 1 saturated heterocycles. The molecule has 0 radical (unpaired) electrons. The molecule has 1 heterocycles. The van der Waals surface area contributed by atoms with Crippen molar-refractivity contribution in [2.75, 3.05) is 26.2 Å². The van der Waals surface area contributed by atoms with Crippen LogP contribution < -0.4 is 16.0 Å². The number of rotatable bonds is 7. The van der Waals surface area contributed by atoms with E-state index in [1.54, 1.807) is 6.07 Å². The van der Waals surface area contributed by atoms with Gasteiger partial charge in [0.05, 0.1) is 29.6 Å². The van der Waals surface area contributed by atoms with Crippen molar-refractivity contribution in [3.63, 3.8) is 0 Å². The molecule has 3 N–H and O–H groups in total. The molecule has 158 valence electrons. The maximum atomic E-state index is 12.4. The van der Waals surface area contributed by atoms with Crippen LogP contribution in [-0.4, -0.2) is 57.1 Å². The summed E-state index contributed by atoms with van der Waals surface area (Å²) in [5.74, 6) is -1.75. The SMILES string of the molecule is CC(C)C[C@H](NC(=O)CNC(=O)c1cc(Cl)ccc1Cl)B1OCCNCC(=O)O1. The molecule has 2 amide bonds. The monoisotopic (exact) mass is 443 g/mol. The minimum Gasteiger partial charge on any atom is -0.507 e. The summed E-state index contributed by atoms with van der Waals surface area (Å²) in [4.78, 5) is 36.5. The number of amides is 2. The standard InChI is InChI=1S/C18H24BCl2N3O5/c1-11(2)7-15(19-28-6-5-22-10-17(26)29-19)24-16(25)9-23-18(27)13-8-12(20)3-4-14(13)21/h3-4,8,11,15,22H,5-7,9-10H2,1-2H3,(H,23,27)(H,24,25)/t15-/m0/s1. The minimum atomic E-state index is -0.894. The highest BCUT2D eigenvalue weighted by atomic mass is 35.5. The molecule has 2 rings (SSSR count). The van der Waals surface area contributed by atoms with Crippen LogP contribution in [0.5, 0.6) is 0 Å². The van der Waals surface area contributed by atoms with Crippen LogP contribution in [0.2, 0.25) is 10.0 Å². The highest BCUT2D eigenvalue weighted by Crippen LogP contribution is 2.20. The van der Waals surface area contributed by atoms with Gasteiger partial charge in [0.25, 0.3) is 5.91 Å². The van der Waals surface area contributed by atoms with Crippen molar-refractivity contribution < 1.29 is 23.7 Å². The average Bonchev–Trinajstić information content (AvgIpc) is 2.63. The molecular formula is C18H24BCl2N3O5. The van der Waals surface area contributed by atoms with Crippen molar-refractivity contribution in [2.24, 2.45) is 5.92 Å². The van der Waals surface area contributed by atoms with Gasteiger partial charge in [0.2, 0.25) is 5.91 Å². The van der Waals surface area contributed by atoms with Gasteiger partial charge < -0.3 is 25.3 Å². The molecule has 1 aliphatic rings. The molecule has 1 aromatic rings. The van der Waals surface area contributed by atoms with Crippen molar-refractivity contribution in [3.05, 3.63) is 33.8 Å². The zero-order valence-corrected chi connectivity index (χ0v) is 17.8. The summed E-state index contributed by atoms with van der Waals surface area (Å²) in [5.41, 5.74) is 0.176. The predicted molar refractivity (Wildman–Crippen MR) is 111 cm³/mol. The Kier molecular flexibility index (Phi) is 9.23. The van der Waals surface area contributed by atoms with Crippen LogP contribution in [0.4, 0.5) is 0 Å². The predicted octanol–water partition coefficient (Wildman–Crippen LogP) is 1.44. The first-order valence-corrected chi connectivity index (χ1v) is 10.1. The van der Waals surface area contributed by atoms with Gasteiger partial charge >= 0.3 is 13.1 Å². The maximum Gasteiger partial charge on any atom is 0.551 e. The number of hydrogen-bond donors (Lipinski definition) is 3. The second-order valence-corrected chi connectivity index (χ2v) is 7.86. The van der Waals surface area contributed by atoms with Gasteiger partial charge in [-0.3, -0.25) is 14.4 Å². The van der Waals surface area contributed by atoms with Crippen molar-refractivity contribution in [3.8, 4) is 0 Å². The molecule has 1 aliphatic heterocycles. The van der Waals surface area contributed by atoms with Crippen LogP contribution in [0, 0.1) is 5.92 Å².